The molecule has 1 saturated carbocycles. The predicted octanol–water partition coefficient (Wildman–Crippen LogP) is 1.35. The van der Waals surface area contributed by atoms with E-state index < -0.39 is 5.41 Å². The minimum Gasteiger partial charge on any atom is -0.497 e. The summed E-state index contributed by atoms with van der Waals surface area (Å²) in [5.41, 5.74) is 12.0. The minimum absolute atomic E-state index is 0.293. The van der Waals surface area contributed by atoms with E-state index in [0.29, 0.717) is 0 Å². The fourth-order valence-corrected chi connectivity index (χ4v) is 2.42. The van der Waals surface area contributed by atoms with Crippen molar-refractivity contribution in [3.05, 3.63) is 29.8 Å². The van der Waals surface area contributed by atoms with Crippen molar-refractivity contribution >= 4 is 5.91 Å². The lowest BCUT2D eigenvalue weighted by atomic mass is 9.62. The second-order valence-corrected chi connectivity index (χ2v) is 4.63. The van der Waals surface area contributed by atoms with Crippen molar-refractivity contribution < 1.29 is 9.53 Å². The smallest absolute Gasteiger partial charge is 0.225 e. The fourth-order valence-electron chi connectivity index (χ4n) is 2.42. The van der Waals surface area contributed by atoms with Crippen molar-refractivity contribution in [1.29, 1.82) is 0 Å². The molecule has 2 rings (SSSR count). The SMILES string of the molecule is COc1cccc(C(N)C2(C(N)=O)CCC2)c1. The number of ether oxygens (including phenoxy) is 1. The molecule has 1 aromatic rings. The normalized spacial score (nSPS) is 19.2. The molecule has 1 aromatic carbocycles. The summed E-state index contributed by atoms with van der Waals surface area (Å²) in [5.74, 6) is 0.455. The van der Waals surface area contributed by atoms with Gasteiger partial charge in [0.2, 0.25) is 5.91 Å². The molecule has 1 unspecified atom stereocenters. The lowest BCUT2D eigenvalue weighted by Crippen LogP contribution is -2.50. The summed E-state index contributed by atoms with van der Waals surface area (Å²) < 4.78 is 5.16. The summed E-state index contributed by atoms with van der Waals surface area (Å²) in [7, 11) is 1.61. The van der Waals surface area contributed by atoms with Gasteiger partial charge in [0.15, 0.2) is 0 Å². The highest BCUT2D eigenvalue weighted by atomic mass is 16.5. The molecule has 4 nitrogen and oxygen atoms in total. The average Bonchev–Trinajstić information content (AvgIpc) is 2.27. The number of benzene rings is 1. The summed E-state index contributed by atoms with van der Waals surface area (Å²) >= 11 is 0. The lowest BCUT2D eigenvalue weighted by Gasteiger charge is -2.43. The van der Waals surface area contributed by atoms with E-state index in [0.717, 1.165) is 30.6 Å². The monoisotopic (exact) mass is 234 g/mol. The standard InChI is InChI=1S/C13H18N2O2/c1-17-10-5-2-4-9(8-10)11(14)13(12(15)16)6-3-7-13/h2,4-5,8,11H,3,6-7,14H2,1H3,(H2,15,16). The Morgan fingerprint density at radius 1 is 1.47 bits per heavy atom. The Bertz CT molecular complexity index is 427. The van der Waals surface area contributed by atoms with Crippen LogP contribution in [0.3, 0.4) is 0 Å². The van der Waals surface area contributed by atoms with E-state index in [-0.39, 0.29) is 11.9 Å². The zero-order valence-corrected chi connectivity index (χ0v) is 9.98. The number of amides is 1. The molecule has 0 radical (unpaired) electrons. The molecule has 1 aliphatic rings. The minimum atomic E-state index is -0.563. The molecular weight excluding hydrogens is 216 g/mol. The molecule has 17 heavy (non-hydrogen) atoms. The molecular formula is C13H18N2O2. The largest absolute Gasteiger partial charge is 0.497 e. The Balaban J connectivity index is 2.29. The summed E-state index contributed by atoms with van der Waals surface area (Å²) in [6.07, 6.45) is 2.57. The van der Waals surface area contributed by atoms with Crippen LogP contribution in [0, 0.1) is 5.41 Å². The van der Waals surface area contributed by atoms with Gasteiger partial charge in [0, 0.05) is 6.04 Å². The van der Waals surface area contributed by atoms with Crippen LogP contribution in [0.4, 0.5) is 0 Å². The first-order valence-electron chi connectivity index (χ1n) is 5.79. The van der Waals surface area contributed by atoms with Crippen molar-refractivity contribution in [2.75, 3.05) is 7.11 Å². The van der Waals surface area contributed by atoms with Gasteiger partial charge in [-0.15, -0.1) is 0 Å². The third-order valence-electron chi connectivity index (χ3n) is 3.78. The molecule has 1 fully saturated rings. The lowest BCUT2D eigenvalue weighted by molar-refractivity contribution is -0.134. The highest BCUT2D eigenvalue weighted by molar-refractivity contribution is 5.83. The third-order valence-corrected chi connectivity index (χ3v) is 3.78. The van der Waals surface area contributed by atoms with Gasteiger partial charge in [0.05, 0.1) is 12.5 Å². The van der Waals surface area contributed by atoms with Crippen LogP contribution in [0.1, 0.15) is 30.9 Å². The number of hydrogen-bond donors (Lipinski definition) is 2. The molecule has 0 aromatic heterocycles. The summed E-state index contributed by atoms with van der Waals surface area (Å²) in [6, 6.07) is 7.17. The van der Waals surface area contributed by atoms with E-state index in [4.69, 9.17) is 16.2 Å². The molecule has 0 heterocycles. The number of nitrogens with two attached hydrogens (primary N) is 2. The zero-order valence-electron chi connectivity index (χ0n) is 9.98. The maximum absolute atomic E-state index is 11.6. The Morgan fingerprint density at radius 2 is 2.18 bits per heavy atom. The summed E-state index contributed by atoms with van der Waals surface area (Å²) in [5, 5.41) is 0. The van der Waals surface area contributed by atoms with Crippen LogP contribution < -0.4 is 16.2 Å². The number of methoxy groups -OCH3 is 1. The molecule has 0 aliphatic heterocycles. The third kappa shape index (κ3) is 1.89. The molecule has 0 bridgehead atoms. The molecule has 1 aliphatic carbocycles. The average molecular weight is 234 g/mol. The second kappa shape index (κ2) is 4.37. The quantitative estimate of drug-likeness (QED) is 0.825. The first kappa shape index (κ1) is 11.9. The molecule has 92 valence electrons. The number of carbonyl (C=O) groups is 1. The second-order valence-electron chi connectivity index (χ2n) is 4.63. The molecule has 1 atom stereocenters. The van der Waals surface area contributed by atoms with E-state index in [9.17, 15) is 4.79 Å². The highest BCUT2D eigenvalue weighted by Gasteiger charge is 2.48. The maximum Gasteiger partial charge on any atom is 0.225 e. The Morgan fingerprint density at radius 3 is 2.65 bits per heavy atom. The van der Waals surface area contributed by atoms with Crippen molar-refractivity contribution in [2.24, 2.45) is 16.9 Å². The Hall–Kier alpha value is -1.55. The number of hydrogen-bond acceptors (Lipinski definition) is 3. The van der Waals surface area contributed by atoms with Crippen molar-refractivity contribution in [1.82, 2.24) is 0 Å². The van der Waals surface area contributed by atoms with Gasteiger partial charge in [0.1, 0.15) is 5.75 Å². The topological polar surface area (TPSA) is 78.3 Å². The van der Waals surface area contributed by atoms with E-state index >= 15 is 0 Å². The van der Waals surface area contributed by atoms with Gasteiger partial charge in [-0.05, 0) is 30.5 Å². The van der Waals surface area contributed by atoms with Gasteiger partial charge in [-0.3, -0.25) is 4.79 Å². The number of rotatable bonds is 4. The van der Waals surface area contributed by atoms with E-state index in [1.54, 1.807) is 7.11 Å². The summed E-state index contributed by atoms with van der Waals surface area (Å²) in [4.78, 5) is 11.6. The van der Waals surface area contributed by atoms with Gasteiger partial charge in [-0.1, -0.05) is 18.6 Å². The highest BCUT2D eigenvalue weighted by Crippen LogP contribution is 2.49. The van der Waals surface area contributed by atoms with Crippen LogP contribution in [-0.2, 0) is 4.79 Å². The van der Waals surface area contributed by atoms with Crippen molar-refractivity contribution in [2.45, 2.75) is 25.3 Å². The van der Waals surface area contributed by atoms with Crippen LogP contribution in [0.15, 0.2) is 24.3 Å². The van der Waals surface area contributed by atoms with Crippen LogP contribution in [0.25, 0.3) is 0 Å². The van der Waals surface area contributed by atoms with E-state index in [1.807, 2.05) is 24.3 Å². The molecule has 0 saturated heterocycles. The van der Waals surface area contributed by atoms with Crippen molar-refractivity contribution in [3.63, 3.8) is 0 Å². The Kier molecular flexibility index (Phi) is 3.07. The first-order valence-corrected chi connectivity index (χ1v) is 5.79. The van der Waals surface area contributed by atoms with Gasteiger partial charge in [-0.25, -0.2) is 0 Å². The number of carbonyl (C=O) groups excluding carboxylic acids is 1. The molecule has 4 heteroatoms. The van der Waals surface area contributed by atoms with Crippen LogP contribution in [0.5, 0.6) is 5.75 Å². The van der Waals surface area contributed by atoms with Gasteiger partial charge < -0.3 is 16.2 Å². The van der Waals surface area contributed by atoms with E-state index in [2.05, 4.69) is 0 Å². The zero-order chi connectivity index (χ0) is 12.5. The number of primary amides is 1. The molecule has 0 spiro atoms. The van der Waals surface area contributed by atoms with Crippen molar-refractivity contribution in [3.8, 4) is 5.75 Å². The summed E-state index contributed by atoms with van der Waals surface area (Å²) in [6.45, 7) is 0. The van der Waals surface area contributed by atoms with Gasteiger partial charge in [0.25, 0.3) is 0 Å². The maximum atomic E-state index is 11.6. The fraction of sp³-hybridized carbons (Fsp3) is 0.462. The van der Waals surface area contributed by atoms with Crippen LogP contribution in [-0.4, -0.2) is 13.0 Å². The molecule has 4 N–H and O–H groups in total. The van der Waals surface area contributed by atoms with Gasteiger partial charge >= 0.3 is 0 Å². The van der Waals surface area contributed by atoms with E-state index in [1.165, 1.54) is 0 Å². The molecule has 1 amide bonds. The first-order chi connectivity index (χ1) is 8.10. The van der Waals surface area contributed by atoms with Crippen LogP contribution >= 0.6 is 0 Å². The van der Waals surface area contributed by atoms with Gasteiger partial charge in [-0.2, -0.15) is 0 Å². The van der Waals surface area contributed by atoms with Crippen LogP contribution in [0.2, 0.25) is 0 Å². The Labute approximate surface area is 101 Å². The predicted molar refractivity (Wildman–Crippen MR) is 65.4 cm³/mol.